The number of aromatic amines is 1. The molecule has 1 aromatic carbocycles. The Kier molecular flexibility index (Phi) is 3.08. The summed E-state index contributed by atoms with van der Waals surface area (Å²) in [6.45, 7) is 0.414. The molecule has 7 heteroatoms. The second kappa shape index (κ2) is 5.04. The number of aromatic nitrogens is 5. The zero-order valence-electron chi connectivity index (χ0n) is 10.9. The molecule has 0 atom stereocenters. The molecule has 0 radical (unpaired) electrons. The van der Waals surface area contributed by atoms with Crippen molar-refractivity contribution in [1.82, 2.24) is 24.5 Å². The summed E-state index contributed by atoms with van der Waals surface area (Å²) in [5.41, 5.74) is 0.448. The van der Waals surface area contributed by atoms with Gasteiger partial charge in [-0.1, -0.05) is 0 Å². The van der Waals surface area contributed by atoms with Gasteiger partial charge in [-0.05, 0) is 30.3 Å². The predicted molar refractivity (Wildman–Crippen MR) is 72.1 cm³/mol. The van der Waals surface area contributed by atoms with E-state index < -0.39 is 0 Å². The lowest BCUT2D eigenvalue weighted by atomic mass is 10.3. The smallest absolute Gasteiger partial charge is 0.347 e. The molecule has 2 aromatic heterocycles. The molecule has 0 unspecified atom stereocenters. The third kappa shape index (κ3) is 2.20. The fraction of sp³-hybridized carbons (Fsp3) is 0.154. The first-order valence-electron chi connectivity index (χ1n) is 6.06. The Bertz CT molecular complexity index is 740. The zero-order valence-corrected chi connectivity index (χ0v) is 10.9. The summed E-state index contributed by atoms with van der Waals surface area (Å²) in [5.74, 6) is 1.32. The highest BCUT2D eigenvalue weighted by molar-refractivity contribution is 5.37. The van der Waals surface area contributed by atoms with Gasteiger partial charge < -0.3 is 4.74 Å². The highest BCUT2D eigenvalue weighted by atomic mass is 16.5. The molecular formula is C13H13N5O2. The normalized spacial score (nSPS) is 10.7. The molecule has 0 bridgehead atoms. The Morgan fingerprint density at radius 3 is 2.75 bits per heavy atom. The quantitative estimate of drug-likeness (QED) is 0.762. The van der Waals surface area contributed by atoms with Crippen LogP contribution in [0.15, 0.2) is 47.5 Å². The van der Waals surface area contributed by atoms with E-state index in [1.54, 1.807) is 30.1 Å². The second-order valence-corrected chi connectivity index (χ2v) is 4.18. The van der Waals surface area contributed by atoms with E-state index in [0.29, 0.717) is 12.4 Å². The van der Waals surface area contributed by atoms with Gasteiger partial charge in [0, 0.05) is 12.4 Å². The summed E-state index contributed by atoms with van der Waals surface area (Å²) in [4.78, 5) is 11.9. The van der Waals surface area contributed by atoms with Crippen molar-refractivity contribution in [2.45, 2.75) is 6.54 Å². The van der Waals surface area contributed by atoms with E-state index in [9.17, 15) is 4.79 Å². The number of hydrogen-bond donors (Lipinski definition) is 1. The minimum absolute atomic E-state index is 0.280. The first kappa shape index (κ1) is 12.2. The van der Waals surface area contributed by atoms with Gasteiger partial charge in [-0.25, -0.2) is 14.5 Å². The van der Waals surface area contributed by atoms with Crippen LogP contribution in [0.3, 0.4) is 0 Å². The fourth-order valence-electron chi connectivity index (χ4n) is 1.97. The molecular weight excluding hydrogens is 258 g/mol. The van der Waals surface area contributed by atoms with Crippen LogP contribution in [0.2, 0.25) is 0 Å². The Hall–Kier alpha value is -2.83. The number of nitrogens with zero attached hydrogens (tertiary/aromatic N) is 4. The van der Waals surface area contributed by atoms with E-state index >= 15 is 0 Å². The number of nitrogens with one attached hydrogen (secondary N) is 1. The van der Waals surface area contributed by atoms with Crippen molar-refractivity contribution in [3.05, 3.63) is 59.0 Å². The van der Waals surface area contributed by atoms with Gasteiger partial charge in [0.25, 0.3) is 0 Å². The maximum atomic E-state index is 11.9. The molecule has 102 valence electrons. The summed E-state index contributed by atoms with van der Waals surface area (Å²) in [5, 5.41) is 10.6. The van der Waals surface area contributed by atoms with Crippen molar-refractivity contribution in [2.24, 2.45) is 0 Å². The van der Waals surface area contributed by atoms with E-state index in [1.807, 2.05) is 24.4 Å². The van der Waals surface area contributed by atoms with Crippen molar-refractivity contribution in [1.29, 1.82) is 0 Å². The number of H-pyrrole nitrogens is 1. The fourth-order valence-corrected chi connectivity index (χ4v) is 1.97. The number of benzene rings is 1. The van der Waals surface area contributed by atoms with E-state index in [-0.39, 0.29) is 5.69 Å². The molecule has 0 saturated heterocycles. The molecule has 3 aromatic rings. The number of methoxy groups -OCH3 is 1. The van der Waals surface area contributed by atoms with Crippen LogP contribution in [0.5, 0.6) is 5.75 Å². The van der Waals surface area contributed by atoms with Gasteiger partial charge >= 0.3 is 5.69 Å². The van der Waals surface area contributed by atoms with Crippen LogP contribution in [0.25, 0.3) is 5.69 Å². The van der Waals surface area contributed by atoms with Gasteiger partial charge in [-0.2, -0.15) is 10.2 Å². The minimum atomic E-state index is -0.280. The van der Waals surface area contributed by atoms with Gasteiger partial charge in [0.1, 0.15) is 12.3 Å². The highest BCUT2D eigenvalue weighted by Gasteiger charge is 2.11. The van der Waals surface area contributed by atoms with Gasteiger partial charge in [-0.3, -0.25) is 4.68 Å². The third-order valence-electron chi connectivity index (χ3n) is 2.94. The topological polar surface area (TPSA) is 77.7 Å². The van der Waals surface area contributed by atoms with Crippen molar-refractivity contribution in [3.8, 4) is 11.4 Å². The summed E-state index contributed by atoms with van der Waals surface area (Å²) in [6, 6.07) is 9.03. The number of hydrogen-bond acceptors (Lipinski definition) is 4. The summed E-state index contributed by atoms with van der Waals surface area (Å²) < 4.78 is 8.33. The summed E-state index contributed by atoms with van der Waals surface area (Å²) >= 11 is 0. The first-order chi connectivity index (χ1) is 9.78. The third-order valence-corrected chi connectivity index (χ3v) is 2.94. The molecule has 0 spiro atoms. The van der Waals surface area contributed by atoms with Gasteiger partial charge in [0.2, 0.25) is 0 Å². The molecule has 0 aliphatic rings. The van der Waals surface area contributed by atoms with Crippen LogP contribution in [-0.4, -0.2) is 31.7 Å². The summed E-state index contributed by atoms with van der Waals surface area (Å²) in [6.07, 6.45) is 3.50. The lowest BCUT2D eigenvalue weighted by Crippen LogP contribution is -2.18. The predicted octanol–water partition coefficient (Wildman–Crippen LogP) is 0.814. The Morgan fingerprint density at radius 1 is 1.30 bits per heavy atom. The standard InChI is InChI=1S/C13H13N5O2/c1-20-11-5-3-10(4-6-11)18-12(15-16-13(18)19)9-17-8-2-7-14-17/h2-8H,9H2,1H3,(H,16,19). The van der Waals surface area contributed by atoms with Crippen molar-refractivity contribution >= 4 is 0 Å². The van der Waals surface area contributed by atoms with Crippen LogP contribution in [-0.2, 0) is 6.54 Å². The largest absolute Gasteiger partial charge is 0.497 e. The van der Waals surface area contributed by atoms with Gasteiger partial charge in [-0.15, -0.1) is 0 Å². The Labute approximate surface area is 114 Å². The molecule has 2 heterocycles. The average molecular weight is 271 g/mol. The molecule has 0 fully saturated rings. The Balaban J connectivity index is 1.99. The van der Waals surface area contributed by atoms with Crippen molar-refractivity contribution in [2.75, 3.05) is 7.11 Å². The maximum Gasteiger partial charge on any atom is 0.347 e. The first-order valence-corrected chi connectivity index (χ1v) is 6.06. The van der Waals surface area contributed by atoms with E-state index in [4.69, 9.17) is 4.74 Å². The lowest BCUT2D eigenvalue weighted by molar-refractivity contribution is 0.414. The lowest BCUT2D eigenvalue weighted by Gasteiger charge is -2.07. The SMILES string of the molecule is COc1ccc(-n2c(Cn3cccn3)n[nH]c2=O)cc1. The van der Waals surface area contributed by atoms with Crippen LogP contribution in [0, 0.1) is 0 Å². The number of ether oxygens (including phenoxy) is 1. The Morgan fingerprint density at radius 2 is 2.10 bits per heavy atom. The van der Waals surface area contributed by atoms with Crippen LogP contribution in [0.4, 0.5) is 0 Å². The number of rotatable bonds is 4. The molecule has 0 aliphatic carbocycles. The zero-order chi connectivity index (χ0) is 13.9. The second-order valence-electron chi connectivity index (χ2n) is 4.18. The summed E-state index contributed by atoms with van der Waals surface area (Å²) in [7, 11) is 1.60. The molecule has 1 N–H and O–H groups in total. The van der Waals surface area contributed by atoms with E-state index in [0.717, 1.165) is 11.4 Å². The van der Waals surface area contributed by atoms with Crippen LogP contribution in [0.1, 0.15) is 5.82 Å². The van der Waals surface area contributed by atoms with Crippen LogP contribution >= 0.6 is 0 Å². The van der Waals surface area contributed by atoms with Crippen LogP contribution < -0.4 is 10.4 Å². The average Bonchev–Trinajstić information content (AvgIpc) is 3.10. The van der Waals surface area contributed by atoms with E-state index in [2.05, 4.69) is 15.3 Å². The minimum Gasteiger partial charge on any atom is -0.497 e. The maximum absolute atomic E-state index is 11.9. The monoisotopic (exact) mass is 271 g/mol. The molecule has 0 saturated carbocycles. The van der Waals surface area contributed by atoms with Crippen molar-refractivity contribution in [3.63, 3.8) is 0 Å². The molecule has 0 amide bonds. The molecule has 0 aliphatic heterocycles. The molecule has 3 rings (SSSR count). The molecule has 20 heavy (non-hydrogen) atoms. The van der Waals surface area contributed by atoms with Gasteiger partial charge in [0.05, 0.1) is 12.8 Å². The highest BCUT2D eigenvalue weighted by Crippen LogP contribution is 2.14. The van der Waals surface area contributed by atoms with Gasteiger partial charge in [0.15, 0.2) is 5.82 Å². The molecule has 7 nitrogen and oxygen atoms in total. The van der Waals surface area contributed by atoms with Crippen molar-refractivity contribution < 1.29 is 4.74 Å². The van der Waals surface area contributed by atoms with E-state index in [1.165, 1.54) is 4.57 Å².